The minimum Gasteiger partial charge on any atom is -0.462 e. The van der Waals surface area contributed by atoms with Gasteiger partial charge >= 0.3 is 12.0 Å². The molecule has 1 aromatic heterocycles. The van der Waals surface area contributed by atoms with Crippen LogP contribution in [0, 0.1) is 0 Å². The molecule has 1 fully saturated rings. The van der Waals surface area contributed by atoms with Crippen LogP contribution < -0.4 is 10.2 Å². The molecule has 0 atom stereocenters. The molecule has 0 bridgehead atoms. The second kappa shape index (κ2) is 8.39. The van der Waals surface area contributed by atoms with Gasteiger partial charge in [0.05, 0.1) is 24.1 Å². The number of anilines is 2. The van der Waals surface area contributed by atoms with Gasteiger partial charge in [-0.2, -0.15) is 0 Å². The first-order chi connectivity index (χ1) is 12.7. The van der Waals surface area contributed by atoms with Gasteiger partial charge in [0.15, 0.2) is 5.82 Å². The van der Waals surface area contributed by atoms with Crippen molar-refractivity contribution in [2.75, 3.05) is 37.7 Å². The summed E-state index contributed by atoms with van der Waals surface area (Å²) in [5.74, 6) is 0.0402. The predicted molar refractivity (Wildman–Crippen MR) is 96.4 cm³/mol. The Balaban J connectivity index is 1.90. The minimum atomic E-state index is -0.390. The molecule has 8 nitrogen and oxygen atoms in total. The number of nitrogens with one attached hydrogen (secondary N) is 1. The zero-order valence-corrected chi connectivity index (χ0v) is 14.6. The number of urea groups is 1. The average molecular weight is 355 g/mol. The maximum atomic E-state index is 13.1. The molecular weight excluding hydrogens is 334 g/mol. The summed E-state index contributed by atoms with van der Waals surface area (Å²) in [6.45, 7) is 4.82. The first kappa shape index (κ1) is 17.8. The maximum absolute atomic E-state index is 13.1. The summed E-state index contributed by atoms with van der Waals surface area (Å²) in [4.78, 5) is 36.5. The van der Waals surface area contributed by atoms with Crippen LogP contribution in [0.2, 0.25) is 0 Å². The molecule has 1 aliphatic heterocycles. The Labute approximate surface area is 151 Å². The van der Waals surface area contributed by atoms with Gasteiger partial charge in [0.1, 0.15) is 0 Å². The van der Waals surface area contributed by atoms with E-state index in [2.05, 4.69) is 15.3 Å². The Morgan fingerprint density at radius 1 is 1.19 bits per heavy atom. The fraction of sp³-hybridized carbons (Fsp3) is 0.333. The molecule has 26 heavy (non-hydrogen) atoms. The lowest BCUT2D eigenvalue weighted by Crippen LogP contribution is -2.50. The zero-order valence-electron chi connectivity index (χ0n) is 14.6. The normalized spacial score (nSPS) is 14.0. The molecule has 2 amide bonds. The predicted octanol–water partition coefficient (Wildman–Crippen LogP) is 1.82. The van der Waals surface area contributed by atoms with E-state index in [4.69, 9.17) is 4.74 Å². The Hall–Kier alpha value is -3.00. The van der Waals surface area contributed by atoms with Crippen LogP contribution in [0.5, 0.6) is 0 Å². The number of aromatic nitrogens is 2. The second-order valence-electron chi connectivity index (χ2n) is 5.69. The quantitative estimate of drug-likeness (QED) is 0.842. The number of amides is 2. The van der Waals surface area contributed by atoms with Crippen molar-refractivity contribution in [1.82, 2.24) is 20.2 Å². The summed E-state index contributed by atoms with van der Waals surface area (Å²) in [6.07, 6.45) is 4.64. The molecule has 0 aliphatic carbocycles. The standard InChI is InChI=1S/C18H21N5O3/c1-2-26-17(24)14-3-5-15(6-4-14)23(16-13-20-7-8-21-16)18(25)22-11-9-19-10-12-22/h3-8,13,19H,2,9-12H2,1H3. The second-order valence-corrected chi connectivity index (χ2v) is 5.69. The van der Waals surface area contributed by atoms with Crippen LogP contribution in [-0.2, 0) is 4.74 Å². The SMILES string of the molecule is CCOC(=O)c1ccc(N(C(=O)N2CCNCC2)c2cnccn2)cc1. The van der Waals surface area contributed by atoms with Gasteiger partial charge in [0, 0.05) is 38.6 Å². The number of carbonyl (C=O) groups excluding carboxylic acids is 2. The van der Waals surface area contributed by atoms with Crippen LogP contribution >= 0.6 is 0 Å². The Bertz CT molecular complexity index is 745. The molecule has 0 radical (unpaired) electrons. The molecule has 2 heterocycles. The Morgan fingerprint density at radius 3 is 2.54 bits per heavy atom. The lowest BCUT2D eigenvalue weighted by Gasteiger charge is -2.32. The molecule has 1 aliphatic rings. The van der Waals surface area contributed by atoms with E-state index in [9.17, 15) is 9.59 Å². The number of hydrogen-bond acceptors (Lipinski definition) is 6. The lowest BCUT2D eigenvalue weighted by molar-refractivity contribution is 0.0526. The third kappa shape index (κ3) is 3.97. The van der Waals surface area contributed by atoms with Crippen LogP contribution in [0.4, 0.5) is 16.3 Å². The number of carbonyl (C=O) groups is 2. The van der Waals surface area contributed by atoms with Crippen molar-refractivity contribution < 1.29 is 14.3 Å². The van der Waals surface area contributed by atoms with Crippen molar-refractivity contribution in [2.45, 2.75) is 6.92 Å². The number of benzene rings is 1. The van der Waals surface area contributed by atoms with Gasteiger partial charge in [-0.15, -0.1) is 0 Å². The molecule has 0 spiro atoms. The summed E-state index contributed by atoms with van der Waals surface area (Å²) < 4.78 is 5.00. The van der Waals surface area contributed by atoms with E-state index in [1.54, 1.807) is 54.7 Å². The van der Waals surface area contributed by atoms with Gasteiger partial charge < -0.3 is 15.0 Å². The summed E-state index contributed by atoms with van der Waals surface area (Å²) in [6, 6.07) is 6.53. The van der Waals surface area contributed by atoms with Crippen molar-refractivity contribution in [1.29, 1.82) is 0 Å². The molecule has 2 aromatic rings. The van der Waals surface area contributed by atoms with E-state index in [1.165, 1.54) is 4.90 Å². The summed E-state index contributed by atoms with van der Waals surface area (Å²) in [7, 11) is 0. The van der Waals surface area contributed by atoms with E-state index in [0.29, 0.717) is 36.8 Å². The highest BCUT2D eigenvalue weighted by Gasteiger charge is 2.26. The van der Waals surface area contributed by atoms with Crippen molar-refractivity contribution in [3.05, 3.63) is 48.4 Å². The number of rotatable bonds is 4. The van der Waals surface area contributed by atoms with Gasteiger partial charge in [0.2, 0.25) is 0 Å². The summed E-state index contributed by atoms with van der Waals surface area (Å²) >= 11 is 0. The molecular formula is C18H21N5O3. The van der Waals surface area contributed by atoms with E-state index in [0.717, 1.165) is 13.1 Å². The molecule has 0 unspecified atom stereocenters. The molecule has 3 rings (SSSR count). The van der Waals surface area contributed by atoms with Gasteiger partial charge in [-0.3, -0.25) is 4.98 Å². The molecule has 0 saturated carbocycles. The van der Waals surface area contributed by atoms with Crippen LogP contribution in [0.15, 0.2) is 42.9 Å². The van der Waals surface area contributed by atoms with Gasteiger partial charge in [-0.1, -0.05) is 0 Å². The van der Waals surface area contributed by atoms with E-state index >= 15 is 0 Å². The molecule has 136 valence electrons. The Morgan fingerprint density at radius 2 is 1.92 bits per heavy atom. The van der Waals surface area contributed by atoms with Crippen molar-refractivity contribution in [3.63, 3.8) is 0 Å². The molecule has 1 N–H and O–H groups in total. The highest BCUT2D eigenvalue weighted by molar-refractivity contribution is 5.99. The topological polar surface area (TPSA) is 87.7 Å². The smallest absolute Gasteiger partial charge is 0.338 e. The number of piperazine rings is 1. The lowest BCUT2D eigenvalue weighted by atomic mass is 10.2. The highest BCUT2D eigenvalue weighted by Crippen LogP contribution is 2.25. The van der Waals surface area contributed by atoms with Gasteiger partial charge in [-0.25, -0.2) is 19.5 Å². The van der Waals surface area contributed by atoms with Crippen LogP contribution in [0.3, 0.4) is 0 Å². The van der Waals surface area contributed by atoms with Crippen LogP contribution in [-0.4, -0.2) is 59.7 Å². The van der Waals surface area contributed by atoms with Crippen LogP contribution in [0.25, 0.3) is 0 Å². The number of esters is 1. The minimum absolute atomic E-state index is 0.170. The summed E-state index contributed by atoms with van der Waals surface area (Å²) in [5, 5.41) is 3.23. The monoisotopic (exact) mass is 355 g/mol. The summed E-state index contributed by atoms with van der Waals surface area (Å²) in [5.41, 5.74) is 1.05. The first-order valence-corrected chi connectivity index (χ1v) is 8.53. The fourth-order valence-electron chi connectivity index (χ4n) is 2.71. The van der Waals surface area contributed by atoms with Gasteiger partial charge in [-0.05, 0) is 31.2 Å². The van der Waals surface area contributed by atoms with E-state index in [-0.39, 0.29) is 6.03 Å². The van der Waals surface area contributed by atoms with Crippen molar-refractivity contribution >= 4 is 23.5 Å². The zero-order chi connectivity index (χ0) is 18.4. The molecule has 1 aromatic carbocycles. The van der Waals surface area contributed by atoms with Crippen molar-refractivity contribution in [3.8, 4) is 0 Å². The molecule has 8 heteroatoms. The molecule has 1 saturated heterocycles. The number of hydrogen-bond donors (Lipinski definition) is 1. The van der Waals surface area contributed by atoms with E-state index < -0.39 is 5.97 Å². The third-order valence-corrected chi connectivity index (χ3v) is 3.99. The Kier molecular flexibility index (Phi) is 5.75. The third-order valence-electron chi connectivity index (χ3n) is 3.99. The highest BCUT2D eigenvalue weighted by atomic mass is 16.5. The number of ether oxygens (including phenoxy) is 1. The first-order valence-electron chi connectivity index (χ1n) is 8.53. The fourth-order valence-corrected chi connectivity index (χ4v) is 2.71. The number of nitrogens with zero attached hydrogens (tertiary/aromatic N) is 4. The van der Waals surface area contributed by atoms with Gasteiger partial charge in [0.25, 0.3) is 0 Å². The largest absolute Gasteiger partial charge is 0.462 e. The maximum Gasteiger partial charge on any atom is 0.338 e. The van der Waals surface area contributed by atoms with E-state index in [1.807, 2.05) is 0 Å². The average Bonchev–Trinajstić information content (AvgIpc) is 2.70. The van der Waals surface area contributed by atoms with Crippen molar-refractivity contribution in [2.24, 2.45) is 0 Å². The van der Waals surface area contributed by atoms with Crippen LogP contribution in [0.1, 0.15) is 17.3 Å².